The van der Waals surface area contributed by atoms with Crippen LogP contribution in [-0.2, 0) is 9.53 Å². The number of methoxy groups -OCH3 is 1. The van der Waals surface area contributed by atoms with Gasteiger partial charge in [-0.25, -0.2) is 0 Å². The number of carbonyl (C=O) groups excluding carboxylic acids is 1. The number of rotatable bonds is 3. The highest BCUT2D eigenvalue weighted by molar-refractivity contribution is 5.76. The lowest BCUT2D eigenvalue weighted by Gasteiger charge is -2.28. The van der Waals surface area contributed by atoms with E-state index in [0.29, 0.717) is 6.04 Å². The Balaban J connectivity index is 1.71. The average molecular weight is 278 g/mol. The molecule has 0 spiro atoms. The van der Waals surface area contributed by atoms with Gasteiger partial charge in [0.2, 0.25) is 0 Å². The van der Waals surface area contributed by atoms with Crippen molar-refractivity contribution < 1.29 is 9.53 Å². The molecule has 3 aliphatic rings. The first-order valence-electron chi connectivity index (χ1n) is 7.24. The van der Waals surface area contributed by atoms with Gasteiger partial charge in [0.05, 0.1) is 13.4 Å². The van der Waals surface area contributed by atoms with Gasteiger partial charge in [-0.3, -0.25) is 20.0 Å². The number of ether oxygens (including phenoxy) is 1. The van der Waals surface area contributed by atoms with Crippen molar-refractivity contribution in [3.05, 3.63) is 11.8 Å². The lowest BCUT2D eigenvalue weighted by atomic mass is 10.1. The number of hydrogen-bond donors (Lipinski definition) is 1. The van der Waals surface area contributed by atoms with Gasteiger partial charge in [-0.05, 0) is 32.5 Å². The first-order valence-corrected chi connectivity index (χ1v) is 7.24. The van der Waals surface area contributed by atoms with E-state index in [4.69, 9.17) is 4.74 Å². The molecule has 0 bridgehead atoms. The van der Waals surface area contributed by atoms with Gasteiger partial charge in [0, 0.05) is 24.7 Å². The summed E-state index contributed by atoms with van der Waals surface area (Å²) in [6, 6.07) is 0.318. The molecule has 0 radical (unpaired) electrons. The van der Waals surface area contributed by atoms with E-state index in [2.05, 4.69) is 26.2 Å². The lowest BCUT2D eigenvalue weighted by molar-refractivity contribution is -0.146. The zero-order valence-corrected chi connectivity index (χ0v) is 12.1. The molecular weight excluding hydrogens is 256 g/mol. The van der Waals surface area contributed by atoms with Crippen molar-refractivity contribution >= 4 is 12.3 Å². The molecule has 110 valence electrons. The van der Waals surface area contributed by atoms with Crippen LogP contribution < -0.4 is 5.32 Å². The van der Waals surface area contributed by atoms with E-state index in [1.165, 1.54) is 12.8 Å². The molecule has 20 heavy (non-hydrogen) atoms. The smallest absolute Gasteiger partial charge is 0.323 e. The zero-order chi connectivity index (χ0) is 14.1. The first kappa shape index (κ1) is 13.6. The maximum atomic E-state index is 11.9. The lowest BCUT2D eigenvalue weighted by Crippen LogP contribution is -2.44. The molecule has 0 aliphatic carbocycles. The molecule has 0 saturated carbocycles. The SMILES string of the molecule is CNC1C=C2CC(N3CCCC3C(=O)OC)CN2C=N1. The van der Waals surface area contributed by atoms with E-state index in [1.54, 1.807) is 0 Å². The molecule has 0 aromatic heterocycles. The summed E-state index contributed by atoms with van der Waals surface area (Å²) < 4.78 is 4.93. The molecule has 0 amide bonds. The molecule has 0 aromatic carbocycles. The fourth-order valence-electron chi connectivity index (χ4n) is 3.43. The van der Waals surface area contributed by atoms with E-state index in [-0.39, 0.29) is 18.2 Å². The third-order valence-corrected chi connectivity index (χ3v) is 4.47. The molecule has 3 rings (SSSR count). The number of aliphatic imine (C=N–C) groups is 1. The highest BCUT2D eigenvalue weighted by atomic mass is 16.5. The van der Waals surface area contributed by atoms with Crippen LogP contribution in [0.1, 0.15) is 19.3 Å². The molecule has 3 atom stereocenters. The molecule has 3 aliphatic heterocycles. The summed E-state index contributed by atoms with van der Waals surface area (Å²) in [5, 5.41) is 3.15. The number of likely N-dealkylation sites (N-methyl/N-ethyl adjacent to an activating group) is 1. The maximum Gasteiger partial charge on any atom is 0.323 e. The Bertz CT molecular complexity index is 448. The Morgan fingerprint density at radius 1 is 1.55 bits per heavy atom. The summed E-state index contributed by atoms with van der Waals surface area (Å²) in [5.41, 5.74) is 1.31. The summed E-state index contributed by atoms with van der Waals surface area (Å²) in [5.74, 6) is -0.0943. The average Bonchev–Trinajstić information content (AvgIpc) is 3.11. The Hall–Kier alpha value is -1.40. The minimum atomic E-state index is -0.0943. The predicted molar refractivity (Wildman–Crippen MR) is 76.3 cm³/mol. The van der Waals surface area contributed by atoms with Crippen molar-refractivity contribution in [3.63, 3.8) is 0 Å². The third-order valence-electron chi connectivity index (χ3n) is 4.47. The second-order valence-corrected chi connectivity index (χ2v) is 5.59. The number of nitrogens with zero attached hydrogens (tertiary/aromatic N) is 3. The van der Waals surface area contributed by atoms with Crippen LogP contribution in [0.4, 0.5) is 0 Å². The molecule has 3 unspecified atom stereocenters. The van der Waals surface area contributed by atoms with Crippen molar-refractivity contribution in [1.29, 1.82) is 0 Å². The predicted octanol–water partition coefficient (Wildman–Crippen LogP) is 0.169. The second kappa shape index (κ2) is 5.54. The Morgan fingerprint density at radius 3 is 3.15 bits per heavy atom. The Kier molecular flexibility index (Phi) is 3.76. The fraction of sp³-hybridized carbons (Fsp3) is 0.714. The first-order chi connectivity index (χ1) is 9.72. The number of nitrogens with one attached hydrogen (secondary N) is 1. The van der Waals surface area contributed by atoms with Gasteiger partial charge in [0.1, 0.15) is 12.2 Å². The van der Waals surface area contributed by atoms with Crippen molar-refractivity contribution in [1.82, 2.24) is 15.1 Å². The van der Waals surface area contributed by atoms with Gasteiger partial charge in [-0.1, -0.05) is 0 Å². The van der Waals surface area contributed by atoms with Crippen molar-refractivity contribution in [2.75, 3.05) is 27.2 Å². The van der Waals surface area contributed by atoms with Gasteiger partial charge in [0.15, 0.2) is 0 Å². The van der Waals surface area contributed by atoms with Crippen LogP contribution in [0.2, 0.25) is 0 Å². The summed E-state index contributed by atoms with van der Waals surface area (Å²) in [4.78, 5) is 20.8. The van der Waals surface area contributed by atoms with Gasteiger partial charge >= 0.3 is 5.97 Å². The van der Waals surface area contributed by atoms with Gasteiger partial charge in [-0.2, -0.15) is 0 Å². The van der Waals surface area contributed by atoms with E-state index in [0.717, 1.165) is 32.4 Å². The molecule has 2 saturated heterocycles. The third kappa shape index (κ3) is 2.33. The molecule has 3 heterocycles. The zero-order valence-electron chi connectivity index (χ0n) is 12.1. The van der Waals surface area contributed by atoms with Crippen LogP contribution in [0.25, 0.3) is 0 Å². The standard InChI is InChI=1S/C14H22N4O2/c1-15-13-7-10-6-11(8-17(10)9-16-13)18-5-3-4-12(18)14(19)20-2/h7,9,11-13,15H,3-6,8H2,1-2H3. The highest BCUT2D eigenvalue weighted by Crippen LogP contribution is 2.31. The van der Waals surface area contributed by atoms with Crippen LogP contribution in [0.3, 0.4) is 0 Å². The van der Waals surface area contributed by atoms with Crippen molar-refractivity contribution in [2.24, 2.45) is 4.99 Å². The van der Waals surface area contributed by atoms with E-state index < -0.39 is 0 Å². The maximum absolute atomic E-state index is 11.9. The molecule has 6 heteroatoms. The number of likely N-dealkylation sites (tertiary alicyclic amines) is 1. The summed E-state index contributed by atoms with van der Waals surface area (Å²) in [6.45, 7) is 1.90. The molecule has 0 aromatic rings. The number of carbonyl (C=O) groups is 1. The quantitative estimate of drug-likeness (QED) is 0.746. The summed E-state index contributed by atoms with van der Waals surface area (Å²) >= 11 is 0. The van der Waals surface area contributed by atoms with Crippen molar-refractivity contribution in [2.45, 2.75) is 37.5 Å². The topological polar surface area (TPSA) is 57.2 Å². The number of esters is 1. The van der Waals surface area contributed by atoms with E-state index in [9.17, 15) is 4.79 Å². The van der Waals surface area contributed by atoms with Crippen LogP contribution >= 0.6 is 0 Å². The minimum absolute atomic E-state index is 0.0658. The summed E-state index contributed by atoms with van der Waals surface area (Å²) in [7, 11) is 3.39. The van der Waals surface area contributed by atoms with Crippen LogP contribution in [0.15, 0.2) is 16.8 Å². The van der Waals surface area contributed by atoms with E-state index in [1.807, 2.05) is 13.4 Å². The Morgan fingerprint density at radius 2 is 2.40 bits per heavy atom. The van der Waals surface area contributed by atoms with Crippen LogP contribution in [0.5, 0.6) is 0 Å². The van der Waals surface area contributed by atoms with Gasteiger partial charge in [0.25, 0.3) is 0 Å². The molecule has 2 fully saturated rings. The second-order valence-electron chi connectivity index (χ2n) is 5.59. The minimum Gasteiger partial charge on any atom is -0.468 e. The summed E-state index contributed by atoms with van der Waals surface area (Å²) in [6.07, 6.45) is 7.13. The van der Waals surface area contributed by atoms with Crippen LogP contribution in [-0.4, -0.2) is 67.6 Å². The number of hydrogen-bond acceptors (Lipinski definition) is 6. The molecular formula is C14H22N4O2. The van der Waals surface area contributed by atoms with Gasteiger partial charge < -0.3 is 9.64 Å². The molecule has 1 N–H and O–H groups in total. The van der Waals surface area contributed by atoms with Gasteiger partial charge in [-0.15, -0.1) is 0 Å². The monoisotopic (exact) mass is 278 g/mol. The van der Waals surface area contributed by atoms with Crippen molar-refractivity contribution in [3.8, 4) is 0 Å². The number of fused-ring (bicyclic) bond motifs is 1. The van der Waals surface area contributed by atoms with E-state index >= 15 is 0 Å². The largest absolute Gasteiger partial charge is 0.468 e. The fourth-order valence-corrected chi connectivity index (χ4v) is 3.43. The highest BCUT2D eigenvalue weighted by Gasteiger charge is 2.40. The normalized spacial score (nSPS) is 33.2. The Labute approximate surface area is 119 Å². The van der Waals surface area contributed by atoms with Crippen LogP contribution in [0, 0.1) is 0 Å². The molecule has 6 nitrogen and oxygen atoms in total.